The number of hydrogen-bond acceptors (Lipinski definition) is 4. The van der Waals surface area contributed by atoms with Gasteiger partial charge in [0.25, 0.3) is 5.56 Å². The molecule has 6 heteroatoms. The van der Waals surface area contributed by atoms with E-state index in [9.17, 15) is 9.59 Å². The Morgan fingerprint density at radius 3 is 2.60 bits per heavy atom. The number of nitrogens with zero attached hydrogens (tertiary/aromatic N) is 2. The third-order valence-electron chi connectivity index (χ3n) is 3.09. The lowest BCUT2D eigenvalue weighted by molar-refractivity contribution is 0.568. The molecule has 0 radical (unpaired) electrons. The number of hydrogen-bond donors (Lipinski definition) is 1. The van der Waals surface area contributed by atoms with E-state index >= 15 is 0 Å². The molecule has 0 saturated heterocycles. The zero-order valence-corrected chi connectivity index (χ0v) is 13.0. The number of H-pyrrole nitrogens is 1. The van der Waals surface area contributed by atoms with Gasteiger partial charge in [-0.3, -0.25) is 14.3 Å². The molecule has 0 aliphatic rings. The van der Waals surface area contributed by atoms with Crippen LogP contribution in [0.4, 0.5) is 0 Å². The Labute approximate surface area is 121 Å². The average molecular weight is 293 g/mol. The second-order valence-corrected chi connectivity index (χ2v) is 6.71. The van der Waals surface area contributed by atoms with E-state index in [2.05, 4.69) is 30.7 Å². The zero-order chi connectivity index (χ0) is 14.9. The molecule has 0 aromatic carbocycles. The van der Waals surface area contributed by atoms with Crippen LogP contribution < -0.4 is 11.2 Å². The summed E-state index contributed by atoms with van der Waals surface area (Å²) in [5, 5.41) is 2.89. The van der Waals surface area contributed by atoms with Crippen molar-refractivity contribution in [1.29, 1.82) is 0 Å². The standard InChI is InChI=1S/C14H19N3O2S/c1-5-9-6-17(13(19)16-12(9)18)7-11-15-10(8-20-11)14(2,3)4/h6,8H,5,7H2,1-4H3,(H,16,18,19). The topological polar surface area (TPSA) is 67.8 Å². The summed E-state index contributed by atoms with van der Waals surface area (Å²) in [5.74, 6) is 0. The predicted octanol–water partition coefficient (Wildman–Crippen LogP) is 1.90. The Balaban J connectivity index is 2.33. The highest BCUT2D eigenvalue weighted by Crippen LogP contribution is 2.24. The smallest absolute Gasteiger partial charge is 0.293 e. The second kappa shape index (κ2) is 5.36. The minimum Gasteiger partial charge on any atom is -0.293 e. The Morgan fingerprint density at radius 1 is 1.35 bits per heavy atom. The largest absolute Gasteiger partial charge is 0.328 e. The summed E-state index contributed by atoms with van der Waals surface area (Å²) in [7, 11) is 0. The van der Waals surface area contributed by atoms with E-state index in [0.717, 1.165) is 10.7 Å². The molecule has 108 valence electrons. The molecule has 2 aromatic rings. The summed E-state index contributed by atoms with van der Waals surface area (Å²) < 4.78 is 1.51. The van der Waals surface area contributed by atoms with Gasteiger partial charge in [-0.15, -0.1) is 11.3 Å². The molecule has 0 unspecified atom stereocenters. The van der Waals surface area contributed by atoms with Gasteiger partial charge in [0.1, 0.15) is 5.01 Å². The van der Waals surface area contributed by atoms with Crippen LogP contribution in [0.25, 0.3) is 0 Å². The first-order valence-corrected chi connectivity index (χ1v) is 7.46. The molecule has 0 aliphatic carbocycles. The first-order chi connectivity index (χ1) is 9.31. The van der Waals surface area contributed by atoms with E-state index in [4.69, 9.17) is 0 Å². The molecule has 0 spiro atoms. The van der Waals surface area contributed by atoms with Gasteiger partial charge in [0, 0.05) is 22.6 Å². The molecule has 5 nitrogen and oxygen atoms in total. The van der Waals surface area contributed by atoms with Gasteiger partial charge in [0.2, 0.25) is 0 Å². The highest BCUT2D eigenvalue weighted by molar-refractivity contribution is 7.09. The maximum atomic E-state index is 11.8. The van der Waals surface area contributed by atoms with Crippen LogP contribution in [0.3, 0.4) is 0 Å². The van der Waals surface area contributed by atoms with Crippen LogP contribution in [0.15, 0.2) is 21.2 Å². The van der Waals surface area contributed by atoms with Gasteiger partial charge in [-0.05, 0) is 6.42 Å². The third-order valence-corrected chi connectivity index (χ3v) is 3.92. The van der Waals surface area contributed by atoms with Crippen molar-refractivity contribution in [2.75, 3.05) is 0 Å². The van der Waals surface area contributed by atoms with Crippen molar-refractivity contribution >= 4 is 11.3 Å². The molecule has 0 atom stereocenters. The molecular formula is C14H19N3O2S. The van der Waals surface area contributed by atoms with Gasteiger partial charge in [0.15, 0.2) is 0 Å². The Bertz CT molecular complexity index is 719. The average Bonchev–Trinajstić information content (AvgIpc) is 2.81. The summed E-state index contributed by atoms with van der Waals surface area (Å²) in [5.41, 5.74) is 0.935. The summed E-state index contributed by atoms with van der Waals surface area (Å²) in [6.07, 6.45) is 2.22. The Hall–Kier alpha value is -1.69. The van der Waals surface area contributed by atoms with Gasteiger partial charge >= 0.3 is 5.69 Å². The van der Waals surface area contributed by atoms with Gasteiger partial charge in [-0.25, -0.2) is 9.78 Å². The molecule has 0 amide bonds. The molecule has 1 N–H and O–H groups in total. The van der Waals surface area contributed by atoms with Crippen LogP contribution in [0.2, 0.25) is 0 Å². The highest BCUT2D eigenvalue weighted by atomic mass is 32.1. The van der Waals surface area contributed by atoms with E-state index in [0.29, 0.717) is 18.5 Å². The molecule has 0 saturated carbocycles. The fourth-order valence-corrected chi connectivity index (χ4v) is 2.82. The lowest BCUT2D eigenvalue weighted by Crippen LogP contribution is -2.31. The molecular weight excluding hydrogens is 274 g/mol. The second-order valence-electron chi connectivity index (χ2n) is 5.77. The quantitative estimate of drug-likeness (QED) is 0.940. The van der Waals surface area contributed by atoms with Crippen molar-refractivity contribution in [3.8, 4) is 0 Å². The SMILES string of the molecule is CCc1cn(Cc2nc(C(C)(C)C)cs2)c(=O)[nH]c1=O. The fraction of sp³-hybridized carbons (Fsp3) is 0.500. The van der Waals surface area contributed by atoms with Gasteiger partial charge < -0.3 is 0 Å². The monoisotopic (exact) mass is 293 g/mol. The van der Waals surface area contributed by atoms with Crippen molar-refractivity contribution in [3.05, 3.63) is 48.7 Å². The summed E-state index contributed by atoms with van der Waals surface area (Å²) >= 11 is 1.53. The van der Waals surface area contributed by atoms with Crippen molar-refractivity contribution < 1.29 is 0 Å². The molecule has 20 heavy (non-hydrogen) atoms. The molecule has 2 aromatic heterocycles. The van der Waals surface area contributed by atoms with Crippen molar-refractivity contribution in [2.24, 2.45) is 0 Å². The van der Waals surface area contributed by atoms with E-state index < -0.39 is 0 Å². The number of aromatic nitrogens is 3. The van der Waals surface area contributed by atoms with Crippen LogP contribution in [0.5, 0.6) is 0 Å². The van der Waals surface area contributed by atoms with Gasteiger partial charge in [0.05, 0.1) is 12.2 Å². The first kappa shape index (κ1) is 14.7. The summed E-state index contributed by atoms with van der Waals surface area (Å²) in [6.45, 7) is 8.59. The minimum atomic E-state index is -0.389. The maximum absolute atomic E-state index is 11.8. The van der Waals surface area contributed by atoms with Crippen LogP contribution in [0, 0.1) is 0 Å². The lowest BCUT2D eigenvalue weighted by atomic mass is 9.93. The number of aryl methyl sites for hydroxylation is 1. The van der Waals surface area contributed by atoms with Crippen LogP contribution in [-0.2, 0) is 18.4 Å². The highest BCUT2D eigenvalue weighted by Gasteiger charge is 2.17. The lowest BCUT2D eigenvalue weighted by Gasteiger charge is -2.14. The zero-order valence-electron chi connectivity index (χ0n) is 12.2. The molecule has 0 fully saturated rings. The number of thiazole rings is 1. The van der Waals surface area contributed by atoms with Crippen LogP contribution in [0.1, 0.15) is 44.0 Å². The van der Waals surface area contributed by atoms with Gasteiger partial charge in [-0.2, -0.15) is 0 Å². The summed E-state index contributed by atoms with van der Waals surface area (Å²) in [6, 6.07) is 0. The molecule has 0 bridgehead atoms. The van der Waals surface area contributed by atoms with E-state index in [1.54, 1.807) is 6.20 Å². The minimum absolute atomic E-state index is 0.000703. The van der Waals surface area contributed by atoms with E-state index in [1.807, 2.05) is 12.3 Å². The fourth-order valence-electron chi connectivity index (χ4n) is 1.80. The van der Waals surface area contributed by atoms with Gasteiger partial charge in [-0.1, -0.05) is 27.7 Å². The number of aromatic amines is 1. The predicted molar refractivity (Wildman–Crippen MR) is 80.6 cm³/mol. The Kier molecular flexibility index (Phi) is 3.94. The summed E-state index contributed by atoms with van der Waals surface area (Å²) in [4.78, 5) is 30.2. The molecule has 2 heterocycles. The molecule has 0 aliphatic heterocycles. The van der Waals surface area contributed by atoms with Crippen molar-refractivity contribution in [2.45, 2.75) is 46.1 Å². The van der Waals surface area contributed by atoms with Crippen molar-refractivity contribution in [3.63, 3.8) is 0 Å². The number of rotatable bonds is 3. The molecule has 2 rings (SSSR count). The third kappa shape index (κ3) is 3.07. The van der Waals surface area contributed by atoms with Crippen LogP contribution >= 0.6 is 11.3 Å². The normalized spacial score (nSPS) is 11.8. The van der Waals surface area contributed by atoms with Crippen LogP contribution in [-0.4, -0.2) is 14.5 Å². The van der Waals surface area contributed by atoms with Crippen molar-refractivity contribution in [1.82, 2.24) is 14.5 Å². The van der Waals surface area contributed by atoms with E-state index in [-0.39, 0.29) is 16.7 Å². The number of nitrogens with one attached hydrogen (secondary N) is 1. The maximum Gasteiger partial charge on any atom is 0.328 e. The Morgan fingerprint density at radius 2 is 2.05 bits per heavy atom. The first-order valence-electron chi connectivity index (χ1n) is 6.58. The van der Waals surface area contributed by atoms with E-state index in [1.165, 1.54) is 15.9 Å².